The Balaban J connectivity index is 4.52. The van der Waals surface area contributed by atoms with Gasteiger partial charge < -0.3 is 15.7 Å². The van der Waals surface area contributed by atoms with E-state index in [9.17, 15) is 19.5 Å². The molecule has 0 aliphatic rings. The molecule has 0 aromatic heterocycles. The van der Waals surface area contributed by atoms with Crippen molar-refractivity contribution in [3.63, 3.8) is 0 Å². The second kappa shape index (κ2) is 8.76. The van der Waals surface area contributed by atoms with Crippen LogP contribution in [-0.4, -0.2) is 39.8 Å². The van der Waals surface area contributed by atoms with Crippen LogP contribution in [0.2, 0.25) is 0 Å². The van der Waals surface area contributed by atoms with Crippen molar-refractivity contribution >= 4 is 34.8 Å². The number of amides is 2. The van der Waals surface area contributed by atoms with Crippen molar-refractivity contribution < 1.29 is 19.5 Å². The lowest BCUT2D eigenvalue weighted by Gasteiger charge is -2.22. The number of hydrogen-bond donors (Lipinski definition) is 3. The van der Waals surface area contributed by atoms with Crippen LogP contribution in [0.25, 0.3) is 0 Å². The highest BCUT2D eigenvalue weighted by Gasteiger charge is 2.27. The molecule has 0 aromatic rings. The molecule has 0 fully saturated rings. The molecule has 0 aliphatic heterocycles. The molecule has 0 aromatic carbocycles. The third kappa shape index (κ3) is 6.72. The number of carbonyl (C=O) groups is 3. The molecule has 0 unspecified atom stereocenters. The molecule has 0 rings (SSSR count). The summed E-state index contributed by atoms with van der Waals surface area (Å²) in [7, 11) is 0. The van der Waals surface area contributed by atoms with Gasteiger partial charge >= 0.3 is 0 Å². The highest BCUT2D eigenvalue weighted by Crippen LogP contribution is 2.04. The summed E-state index contributed by atoms with van der Waals surface area (Å²) in [6.45, 7) is 6.48. The van der Waals surface area contributed by atoms with Crippen LogP contribution in [0.5, 0.6) is 0 Å². The maximum atomic E-state index is 11.9. The molecule has 6 nitrogen and oxygen atoms in total. The summed E-state index contributed by atoms with van der Waals surface area (Å²) in [6.07, 6.45) is -0.924. The molecular weight excluding hydrogens is 280 g/mol. The molecule has 0 radical (unpaired) electrons. The van der Waals surface area contributed by atoms with Crippen molar-refractivity contribution in [3.05, 3.63) is 0 Å². The second-order valence-corrected chi connectivity index (χ2v) is 5.34. The van der Waals surface area contributed by atoms with Crippen LogP contribution in [0.3, 0.4) is 0 Å². The molecule has 3 N–H and O–H groups in total. The van der Waals surface area contributed by atoms with Crippen molar-refractivity contribution in [2.24, 2.45) is 5.92 Å². The first-order chi connectivity index (χ1) is 9.18. The van der Waals surface area contributed by atoms with Crippen LogP contribution in [0.1, 0.15) is 40.5 Å². The Morgan fingerprint density at radius 1 is 1.15 bits per heavy atom. The first kappa shape index (κ1) is 18.7. The van der Waals surface area contributed by atoms with E-state index in [-0.39, 0.29) is 35.4 Å². The summed E-state index contributed by atoms with van der Waals surface area (Å²) in [5.41, 5.74) is 0. The number of hydrogen-bond acceptors (Lipinski definition) is 5. The van der Waals surface area contributed by atoms with Gasteiger partial charge in [0.2, 0.25) is 11.8 Å². The molecule has 0 aliphatic carbocycles. The molecule has 20 heavy (non-hydrogen) atoms. The third-order valence-corrected chi connectivity index (χ3v) is 2.84. The molecule has 0 bridgehead atoms. The van der Waals surface area contributed by atoms with Gasteiger partial charge in [-0.25, -0.2) is 0 Å². The van der Waals surface area contributed by atoms with Gasteiger partial charge in [0.15, 0.2) is 5.78 Å². The summed E-state index contributed by atoms with van der Waals surface area (Å²) >= 11 is 4.87. The van der Waals surface area contributed by atoms with E-state index in [4.69, 9.17) is 12.2 Å². The molecule has 114 valence electrons. The molecular formula is C13H22N2O4S. The highest BCUT2D eigenvalue weighted by molar-refractivity contribution is 7.80. The van der Waals surface area contributed by atoms with Gasteiger partial charge in [-0.15, -0.1) is 0 Å². The fourth-order valence-electron chi connectivity index (χ4n) is 1.45. The van der Waals surface area contributed by atoms with Crippen LogP contribution in [-0.2, 0) is 14.4 Å². The summed E-state index contributed by atoms with van der Waals surface area (Å²) < 4.78 is 0. The number of ketones is 1. The first-order valence-corrected chi connectivity index (χ1v) is 6.93. The van der Waals surface area contributed by atoms with Crippen LogP contribution in [0.15, 0.2) is 0 Å². The van der Waals surface area contributed by atoms with E-state index < -0.39 is 18.1 Å². The monoisotopic (exact) mass is 302 g/mol. The molecule has 7 heteroatoms. The van der Waals surface area contributed by atoms with Gasteiger partial charge in [0.1, 0.15) is 6.04 Å². The van der Waals surface area contributed by atoms with Crippen molar-refractivity contribution in [2.75, 3.05) is 0 Å². The maximum Gasteiger partial charge on any atom is 0.227 e. The Hall–Kier alpha value is -1.34. The zero-order valence-electron chi connectivity index (χ0n) is 12.2. The number of Topliss-reactive ketones (excluding diaryl/α,β-unsaturated/α-hetero) is 1. The van der Waals surface area contributed by atoms with E-state index in [1.54, 1.807) is 20.8 Å². The van der Waals surface area contributed by atoms with Gasteiger partial charge in [-0.05, 0) is 6.92 Å². The van der Waals surface area contributed by atoms with Crippen LogP contribution in [0.4, 0.5) is 0 Å². The zero-order valence-corrected chi connectivity index (χ0v) is 13.0. The highest BCUT2D eigenvalue weighted by atomic mass is 32.1. The summed E-state index contributed by atoms with van der Waals surface area (Å²) in [6, 6.07) is -0.966. The van der Waals surface area contributed by atoms with Crippen molar-refractivity contribution in [1.29, 1.82) is 0 Å². The largest absolute Gasteiger partial charge is 0.391 e. The quantitative estimate of drug-likeness (QED) is 0.589. The maximum absolute atomic E-state index is 11.9. The molecule has 2 atom stereocenters. The Morgan fingerprint density at radius 2 is 1.70 bits per heavy atom. The van der Waals surface area contributed by atoms with Gasteiger partial charge in [-0.2, -0.15) is 0 Å². The minimum absolute atomic E-state index is 0.0932. The predicted molar refractivity (Wildman–Crippen MR) is 79.1 cm³/mol. The second-order valence-electron chi connectivity index (χ2n) is 4.84. The number of rotatable bonds is 7. The molecule has 0 heterocycles. The Bertz CT molecular complexity index is 394. The van der Waals surface area contributed by atoms with Crippen molar-refractivity contribution in [2.45, 2.75) is 52.7 Å². The zero-order chi connectivity index (χ0) is 15.9. The lowest BCUT2D eigenvalue weighted by Crippen LogP contribution is -2.50. The SMILES string of the molecule is CCC(=O)NC(=S)CC(=O)N[C@H](C(=O)C(C)C)[C@@H](C)O. The summed E-state index contributed by atoms with van der Waals surface area (Å²) in [4.78, 5) is 34.8. The lowest BCUT2D eigenvalue weighted by molar-refractivity contribution is -0.131. The number of nitrogens with one attached hydrogen (secondary N) is 2. The van der Waals surface area contributed by atoms with Crippen LogP contribution in [0, 0.1) is 5.92 Å². The smallest absolute Gasteiger partial charge is 0.227 e. The normalized spacial score (nSPS) is 13.5. The average molecular weight is 302 g/mol. The van der Waals surface area contributed by atoms with E-state index in [1.807, 2.05) is 0 Å². The van der Waals surface area contributed by atoms with Crippen molar-refractivity contribution in [3.8, 4) is 0 Å². The Labute approximate surface area is 124 Å². The lowest BCUT2D eigenvalue weighted by atomic mass is 9.98. The first-order valence-electron chi connectivity index (χ1n) is 6.52. The Kier molecular flexibility index (Phi) is 8.17. The fourth-order valence-corrected chi connectivity index (χ4v) is 1.69. The molecule has 0 saturated heterocycles. The average Bonchev–Trinajstić information content (AvgIpc) is 2.34. The minimum Gasteiger partial charge on any atom is -0.391 e. The standard InChI is InChI=1S/C13H22N2O4S/c1-5-9(17)14-11(20)6-10(18)15-12(8(4)16)13(19)7(2)3/h7-8,12,16H,5-6H2,1-4H3,(H,15,18)(H,14,17,20)/t8-,12+/m1/s1. The van der Waals surface area contributed by atoms with E-state index in [2.05, 4.69) is 10.6 Å². The van der Waals surface area contributed by atoms with Crippen LogP contribution >= 0.6 is 12.2 Å². The molecule has 2 amide bonds. The summed E-state index contributed by atoms with van der Waals surface area (Å²) in [5, 5.41) is 14.4. The third-order valence-electron chi connectivity index (χ3n) is 2.60. The van der Waals surface area contributed by atoms with E-state index in [0.29, 0.717) is 0 Å². The van der Waals surface area contributed by atoms with Gasteiger partial charge in [0, 0.05) is 12.3 Å². The minimum atomic E-state index is -0.993. The van der Waals surface area contributed by atoms with E-state index in [1.165, 1.54) is 6.92 Å². The molecule has 0 saturated carbocycles. The number of aliphatic hydroxyl groups is 1. The topological polar surface area (TPSA) is 95.5 Å². The number of aliphatic hydroxyl groups excluding tert-OH is 1. The van der Waals surface area contributed by atoms with E-state index >= 15 is 0 Å². The van der Waals surface area contributed by atoms with Crippen LogP contribution < -0.4 is 10.6 Å². The number of thiocarbonyl (C=S) groups is 1. The predicted octanol–water partition coefficient (Wildman–Crippen LogP) is 0.321. The van der Waals surface area contributed by atoms with Gasteiger partial charge in [-0.1, -0.05) is 33.0 Å². The summed E-state index contributed by atoms with van der Waals surface area (Å²) in [5.74, 6) is -1.34. The Morgan fingerprint density at radius 3 is 2.10 bits per heavy atom. The number of carbonyl (C=O) groups excluding carboxylic acids is 3. The fraction of sp³-hybridized carbons (Fsp3) is 0.692. The van der Waals surface area contributed by atoms with Gasteiger partial charge in [-0.3, -0.25) is 14.4 Å². The molecule has 0 spiro atoms. The van der Waals surface area contributed by atoms with Gasteiger partial charge in [0.25, 0.3) is 0 Å². The van der Waals surface area contributed by atoms with Gasteiger partial charge in [0.05, 0.1) is 17.5 Å². The van der Waals surface area contributed by atoms with Crippen molar-refractivity contribution in [1.82, 2.24) is 10.6 Å². The van der Waals surface area contributed by atoms with E-state index in [0.717, 1.165) is 0 Å².